The molecule has 0 amide bonds. The van der Waals surface area contributed by atoms with Crippen molar-refractivity contribution in [2.45, 2.75) is 13.0 Å². The number of thiazole rings is 1. The molecule has 1 atom stereocenters. The maximum absolute atomic E-state index is 5.67. The molecule has 0 spiro atoms. The third-order valence-corrected chi connectivity index (χ3v) is 4.46. The zero-order chi connectivity index (χ0) is 14.5. The van der Waals surface area contributed by atoms with E-state index in [0.717, 1.165) is 22.8 Å². The Kier molecular flexibility index (Phi) is 4.48. The third kappa shape index (κ3) is 3.60. The van der Waals surface area contributed by atoms with Crippen molar-refractivity contribution >= 4 is 21.6 Å². The second kappa shape index (κ2) is 6.70. The molecule has 0 aliphatic heterocycles. The van der Waals surface area contributed by atoms with E-state index >= 15 is 0 Å². The molecule has 3 aromatic rings. The standard InChI is InChI=1S/C17H18N2OS/c1-13(17-19-15-9-5-6-10-16(15)21-17)18-11-12-20-14-7-3-2-4-8-14/h2-10,13,18H,11-12H2,1H3. The predicted octanol–water partition coefficient (Wildman–Crippen LogP) is 4.03. The van der Waals surface area contributed by atoms with Crippen LogP contribution in [0.2, 0.25) is 0 Å². The molecule has 3 nitrogen and oxygen atoms in total. The van der Waals surface area contributed by atoms with Crippen LogP contribution < -0.4 is 10.1 Å². The van der Waals surface area contributed by atoms with E-state index in [-0.39, 0.29) is 6.04 Å². The lowest BCUT2D eigenvalue weighted by Gasteiger charge is -2.11. The number of nitrogens with one attached hydrogen (secondary N) is 1. The van der Waals surface area contributed by atoms with Crippen LogP contribution in [0.1, 0.15) is 18.0 Å². The van der Waals surface area contributed by atoms with Crippen molar-refractivity contribution in [1.29, 1.82) is 0 Å². The third-order valence-electron chi connectivity index (χ3n) is 3.25. The number of aromatic nitrogens is 1. The molecule has 2 aromatic carbocycles. The molecule has 0 bridgehead atoms. The summed E-state index contributed by atoms with van der Waals surface area (Å²) in [4.78, 5) is 4.66. The molecule has 0 radical (unpaired) electrons. The van der Waals surface area contributed by atoms with Gasteiger partial charge in [-0.05, 0) is 31.2 Å². The van der Waals surface area contributed by atoms with Crippen molar-refractivity contribution in [2.75, 3.05) is 13.2 Å². The summed E-state index contributed by atoms with van der Waals surface area (Å²) in [5.74, 6) is 0.909. The number of hydrogen-bond acceptors (Lipinski definition) is 4. The Morgan fingerprint density at radius 3 is 2.67 bits per heavy atom. The molecule has 1 unspecified atom stereocenters. The molecular weight excluding hydrogens is 280 g/mol. The van der Waals surface area contributed by atoms with Gasteiger partial charge in [0.25, 0.3) is 0 Å². The van der Waals surface area contributed by atoms with Crippen LogP contribution in [-0.2, 0) is 0 Å². The lowest BCUT2D eigenvalue weighted by Crippen LogP contribution is -2.24. The number of fused-ring (bicyclic) bond motifs is 1. The van der Waals surface area contributed by atoms with E-state index in [1.165, 1.54) is 4.70 Å². The summed E-state index contributed by atoms with van der Waals surface area (Å²) in [7, 11) is 0. The maximum Gasteiger partial charge on any atom is 0.119 e. The topological polar surface area (TPSA) is 34.1 Å². The molecule has 1 N–H and O–H groups in total. The molecule has 3 rings (SSSR count). The van der Waals surface area contributed by atoms with E-state index in [1.54, 1.807) is 11.3 Å². The minimum atomic E-state index is 0.238. The van der Waals surface area contributed by atoms with E-state index in [4.69, 9.17) is 4.74 Å². The van der Waals surface area contributed by atoms with Crippen LogP contribution in [-0.4, -0.2) is 18.1 Å². The van der Waals surface area contributed by atoms with E-state index in [0.29, 0.717) is 6.61 Å². The van der Waals surface area contributed by atoms with Gasteiger partial charge < -0.3 is 10.1 Å². The van der Waals surface area contributed by atoms with Gasteiger partial charge in [0, 0.05) is 6.54 Å². The summed E-state index contributed by atoms with van der Waals surface area (Å²) in [6, 6.07) is 18.4. The summed E-state index contributed by atoms with van der Waals surface area (Å²) in [6.07, 6.45) is 0. The average Bonchev–Trinajstić information content (AvgIpc) is 2.96. The monoisotopic (exact) mass is 298 g/mol. The zero-order valence-electron chi connectivity index (χ0n) is 12.0. The second-order valence-electron chi connectivity index (χ2n) is 4.86. The minimum Gasteiger partial charge on any atom is -0.492 e. The maximum atomic E-state index is 5.67. The first-order valence-electron chi connectivity index (χ1n) is 7.09. The fraction of sp³-hybridized carbons (Fsp3) is 0.235. The Hall–Kier alpha value is -1.91. The quantitative estimate of drug-likeness (QED) is 0.698. The van der Waals surface area contributed by atoms with Gasteiger partial charge in [0.1, 0.15) is 17.4 Å². The molecule has 0 saturated carbocycles. The van der Waals surface area contributed by atoms with Gasteiger partial charge in [0.15, 0.2) is 0 Å². The van der Waals surface area contributed by atoms with E-state index in [1.807, 2.05) is 36.4 Å². The zero-order valence-corrected chi connectivity index (χ0v) is 12.8. The Labute approximate surface area is 128 Å². The van der Waals surface area contributed by atoms with Gasteiger partial charge in [-0.15, -0.1) is 11.3 Å². The van der Waals surface area contributed by atoms with Crippen molar-refractivity contribution in [3.05, 3.63) is 59.6 Å². The normalized spacial score (nSPS) is 12.4. The van der Waals surface area contributed by atoms with E-state index in [2.05, 4.69) is 35.4 Å². The molecule has 1 heterocycles. The SMILES string of the molecule is CC(NCCOc1ccccc1)c1nc2ccccc2s1. The van der Waals surface area contributed by atoms with Gasteiger partial charge in [-0.25, -0.2) is 4.98 Å². The van der Waals surface area contributed by atoms with Crippen molar-refractivity contribution in [3.8, 4) is 5.75 Å². The van der Waals surface area contributed by atoms with Gasteiger partial charge in [-0.1, -0.05) is 30.3 Å². The average molecular weight is 298 g/mol. The molecule has 0 fully saturated rings. The number of ether oxygens (including phenoxy) is 1. The van der Waals surface area contributed by atoms with Crippen LogP contribution in [0.5, 0.6) is 5.75 Å². The van der Waals surface area contributed by atoms with Crippen molar-refractivity contribution in [2.24, 2.45) is 0 Å². The van der Waals surface area contributed by atoms with Gasteiger partial charge >= 0.3 is 0 Å². The van der Waals surface area contributed by atoms with Gasteiger partial charge in [-0.2, -0.15) is 0 Å². The summed E-state index contributed by atoms with van der Waals surface area (Å²) in [6.45, 7) is 3.59. The smallest absolute Gasteiger partial charge is 0.119 e. The number of benzene rings is 2. The molecule has 21 heavy (non-hydrogen) atoms. The summed E-state index contributed by atoms with van der Waals surface area (Å²) >= 11 is 1.75. The highest BCUT2D eigenvalue weighted by molar-refractivity contribution is 7.18. The van der Waals surface area contributed by atoms with Crippen LogP contribution >= 0.6 is 11.3 Å². The largest absolute Gasteiger partial charge is 0.492 e. The summed E-state index contributed by atoms with van der Waals surface area (Å²) in [5, 5.41) is 4.57. The highest BCUT2D eigenvalue weighted by atomic mass is 32.1. The van der Waals surface area contributed by atoms with Crippen LogP contribution in [0.4, 0.5) is 0 Å². The molecule has 108 valence electrons. The number of hydrogen-bond donors (Lipinski definition) is 1. The first-order chi connectivity index (χ1) is 10.3. The van der Waals surface area contributed by atoms with Crippen molar-refractivity contribution in [1.82, 2.24) is 10.3 Å². The molecule has 0 aliphatic carbocycles. The Balaban J connectivity index is 1.51. The van der Waals surface area contributed by atoms with Crippen LogP contribution in [0, 0.1) is 0 Å². The Morgan fingerprint density at radius 1 is 1.10 bits per heavy atom. The van der Waals surface area contributed by atoms with Gasteiger partial charge in [0.05, 0.1) is 16.3 Å². The summed E-state index contributed by atoms with van der Waals surface area (Å²) in [5.41, 5.74) is 1.08. The summed E-state index contributed by atoms with van der Waals surface area (Å²) < 4.78 is 6.91. The van der Waals surface area contributed by atoms with E-state index in [9.17, 15) is 0 Å². The molecule has 0 saturated heterocycles. The molecular formula is C17H18N2OS. The van der Waals surface area contributed by atoms with E-state index < -0.39 is 0 Å². The number of para-hydroxylation sites is 2. The molecule has 4 heteroatoms. The highest BCUT2D eigenvalue weighted by Crippen LogP contribution is 2.25. The highest BCUT2D eigenvalue weighted by Gasteiger charge is 2.10. The molecule has 0 aliphatic rings. The van der Waals surface area contributed by atoms with Gasteiger partial charge in [-0.3, -0.25) is 0 Å². The number of rotatable bonds is 6. The molecule has 1 aromatic heterocycles. The first kappa shape index (κ1) is 14.0. The lowest BCUT2D eigenvalue weighted by molar-refractivity contribution is 0.307. The fourth-order valence-corrected chi connectivity index (χ4v) is 3.12. The van der Waals surface area contributed by atoms with Crippen LogP contribution in [0.3, 0.4) is 0 Å². The second-order valence-corrected chi connectivity index (χ2v) is 5.92. The van der Waals surface area contributed by atoms with Crippen molar-refractivity contribution < 1.29 is 4.74 Å². The first-order valence-corrected chi connectivity index (χ1v) is 7.91. The van der Waals surface area contributed by atoms with Crippen LogP contribution in [0.15, 0.2) is 54.6 Å². The lowest BCUT2D eigenvalue weighted by atomic mass is 10.3. The van der Waals surface area contributed by atoms with Crippen molar-refractivity contribution in [3.63, 3.8) is 0 Å². The minimum absolute atomic E-state index is 0.238. The van der Waals surface area contributed by atoms with Gasteiger partial charge in [0.2, 0.25) is 0 Å². The van der Waals surface area contributed by atoms with Crippen LogP contribution in [0.25, 0.3) is 10.2 Å². The number of nitrogens with zero attached hydrogens (tertiary/aromatic N) is 1. The Bertz CT molecular complexity index is 663. The fourth-order valence-electron chi connectivity index (χ4n) is 2.12. The Morgan fingerprint density at radius 2 is 1.86 bits per heavy atom. The predicted molar refractivity (Wildman–Crippen MR) is 88.0 cm³/mol.